The molecule has 2 aromatic heterocycles. The summed E-state index contributed by atoms with van der Waals surface area (Å²) in [5.74, 6) is 0.967. The quantitative estimate of drug-likeness (QED) is 0.716. The van der Waals surface area contributed by atoms with Crippen LogP contribution in [0.15, 0.2) is 47.0 Å². The molecule has 2 N–H and O–H groups in total. The van der Waals surface area contributed by atoms with Gasteiger partial charge in [0.05, 0.1) is 0 Å². The average Bonchev–Trinajstić information content (AvgIpc) is 3.02. The molecule has 7 nitrogen and oxygen atoms in total. The monoisotopic (exact) mass is 341 g/mol. The van der Waals surface area contributed by atoms with E-state index in [0.29, 0.717) is 35.9 Å². The van der Waals surface area contributed by atoms with Crippen LogP contribution in [0, 0.1) is 12.7 Å². The minimum Gasteiger partial charge on any atom is -0.360 e. The Hall–Kier alpha value is -3.29. The Balaban J connectivity index is 1.53. The summed E-state index contributed by atoms with van der Waals surface area (Å²) in [4.78, 5) is 12.0. The van der Waals surface area contributed by atoms with Crippen molar-refractivity contribution in [3.63, 3.8) is 0 Å². The van der Waals surface area contributed by atoms with Gasteiger partial charge in [0.15, 0.2) is 17.3 Å². The number of nitrogens with one attached hydrogen (secondary N) is 2. The molecule has 2 heterocycles. The van der Waals surface area contributed by atoms with Gasteiger partial charge >= 0.3 is 0 Å². The molecule has 1 aromatic carbocycles. The predicted octanol–water partition coefficient (Wildman–Crippen LogP) is 2.63. The van der Waals surface area contributed by atoms with Crippen LogP contribution in [0.4, 0.5) is 16.0 Å². The number of hydrogen-bond donors (Lipinski definition) is 2. The second-order valence-electron chi connectivity index (χ2n) is 5.35. The molecule has 3 aromatic rings. The van der Waals surface area contributed by atoms with Gasteiger partial charge in [-0.2, -0.15) is 0 Å². The van der Waals surface area contributed by atoms with E-state index in [1.54, 1.807) is 43.3 Å². The van der Waals surface area contributed by atoms with E-state index in [1.165, 1.54) is 6.07 Å². The van der Waals surface area contributed by atoms with Gasteiger partial charge in [-0.3, -0.25) is 4.79 Å². The Kier molecular flexibility index (Phi) is 4.98. The molecule has 3 rings (SSSR count). The number of carbonyl (C=O) groups excluding carboxylic acids is 1. The van der Waals surface area contributed by atoms with E-state index in [0.717, 1.165) is 0 Å². The first kappa shape index (κ1) is 16.6. The van der Waals surface area contributed by atoms with Gasteiger partial charge in [-0.25, -0.2) is 4.39 Å². The van der Waals surface area contributed by atoms with Crippen LogP contribution in [0.1, 0.15) is 21.8 Å². The number of amides is 1. The molecule has 0 spiro atoms. The highest BCUT2D eigenvalue weighted by atomic mass is 19.1. The van der Waals surface area contributed by atoms with Crippen LogP contribution in [-0.2, 0) is 6.42 Å². The van der Waals surface area contributed by atoms with Gasteiger partial charge < -0.3 is 15.2 Å². The summed E-state index contributed by atoms with van der Waals surface area (Å²) in [6.45, 7) is 2.08. The van der Waals surface area contributed by atoms with Crippen LogP contribution < -0.4 is 10.6 Å². The van der Waals surface area contributed by atoms with Gasteiger partial charge in [-0.1, -0.05) is 23.4 Å². The fraction of sp³-hybridized carbons (Fsp3) is 0.176. The number of carbonyl (C=O) groups is 1. The van der Waals surface area contributed by atoms with Gasteiger partial charge in [0, 0.05) is 12.6 Å². The number of anilines is 2. The molecule has 0 aliphatic heterocycles. The fourth-order valence-electron chi connectivity index (χ4n) is 2.18. The highest BCUT2D eigenvalue weighted by Gasteiger charge is 2.09. The van der Waals surface area contributed by atoms with Gasteiger partial charge in [0.1, 0.15) is 11.6 Å². The van der Waals surface area contributed by atoms with Crippen molar-refractivity contribution in [3.05, 3.63) is 65.3 Å². The lowest BCUT2D eigenvalue weighted by Gasteiger charge is -2.06. The largest absolute Gasteiger partial charge is 0.360 e. The van der Waals surface area contributed by atoms with Crippen LogP contribution in [0.2, 0.25) is 0 Å². The smallest absolute Gasteiger partial charge is 0.271 e. The number of hydrogen-bond acceptors (Lipinski definition) is 6. The van der Waals surface area contributed by atoms with E-state index in [2.05, 4.69) is 26.0 Å². The lowest BCUT2D eigenvalue weighted by Crippen LogP contribution is -2.27. The maximum atomic E-state index is 13.5. The number of rotatable bonds is 6. The first-order chi connectivity index (χ1) is 12.1. The first-order valence-corrected chi connectivity index (χ1v) is 7.67. The zero-order valence-electron chi connectivity index (χ0n) is 13.5. The third-order valence-electron chi connectivity index (χ3n) is 3.42. The summed E-state index contributed by atoms with van der Waals surface area (Å²) in [5, 5.41) is 17.2. The van der Waals surface area contributed by atoms with E-state index in [9.17, 15) is 9.18 Å². The van der Waals surface area contributed by atoms with Crippen molar-refractivity contribution >= 4 is 17.5 Å². The van der Waals surface area contributed by atoms with Crippen molar-refractivity contribution in [2.24, 2.45) is 0 Å². The summed E-state index contributed by atoms with van der Waals surface area (Å²) in [7, 11) is 0. The molecule has 0 saturated carbocycles. The lowest BCUT2D eigenvalue weighted by molar-refractivity contribution is 0.0948. The minimum absolute atomic E-state index is 0.176. The summed E-state index contributed by atoms with van der Waals surface area (Å²) in [6, 6.07) is 11.3. The highest BCUT2D eigenvalue weighted by molar-refractivity contribution is 5.92. The molecule has 0 unspecified atom stereocenters. The number of aromatic nitrogens is 3. The highest BCUT2D eigenvalue weighted by Crippen LogP contribution is 2.13. The van der Waals surface area contributed by atoms with Gasteiger partial charge in [0.2, 0.25) is 0 Å². The van der Waals surface area contributed by atoms with E-state index in [-0.39, 0.29) is 17.4 Å². The molecule has 0 aliphatic carbocycles. The average molecular weight is 341 g/mol. The second-order valence-corrected chi connectivity index (χ2v) is 5.35. The molecule has 0 saturated heterocycles. The molecule has 0 fully saturated rings. The van der Waals surface area contributed by atoms with Crippen molar-refractivity contribution in [1.82, 2.24) is 20.7 Å². The molecule has 1 amide bonds. The lowest BCUT2D eigenvalue weighted by atomic mass is 10.1. The SMILES string of the molecule is Cc1cc(Nc2ccc(C(=O)NCCc3ccccc3F)nn2)no1. The Morgan fingerprint density at radius 2 is 2.00 bits per heavy atom. The number of nitrogens with zero attached hydrogens (tertiary/aromatic N) is 3. The van der Waals surface area contributed by atoms with Crippen LogP contribution in [0.25, 0.3) is 0 Å². The maximum absolute atomic E-state index is 13.5. The molecule has 128 valence electrons. The summed E-state index contributed by atoms with van der Waals surface area (Å²) >= 11 is 0. The van der Waals surface area contributed by atoms with Crippen LogP contribution >= 0.6 is 0 Å². The summed E-state index contributed by atoms with van der Waals surface area (Å²) in [5.41, 5.74) is 0.728. The molecule has 0 aliphatic rings. The maximum Gasteiger partial charge on any atom is 0.271 e. The fourth-order valence-corrected chi connectivity index (χ4v) is 2.18. The van der Waals surface area contributed by atoms with Crippen molar-refractivity contribution in [2.75, 3.05) is 11.9 Å². The predicted molar refractivity (Wildman–Crippen MR) is 89.0 cm³/mol. The molecule has 0 radical (unpaired) electrons. The molecule has 25 heavy (non-hydrogen) atoms. The molecule has 0 bridgehead atoms. The Morgan fingerprint density at radius 3 is 2.68 bits per heavy atom. The number of aryl methyl sites for hydroxylation is 1. The third-order valence-corrected chi connectivity index (χ3v) is 3.42. The molecular weight excluding hydrogens is 325 g/mol. The van der Waals surface area contributed by atoms with Gasteiger partial charge in [0.25, 0.3) is 5.91 Å². The summed E-state index contributed by atoms with van der Waals surface area (Å²) < 4.78 is 18.4. The molecular formula is C17H16FN5O2. The van der Waals surface area contributed by atoms with E-state index in [4.69, 9.17) is 4.52 Å². The first-order valence-electron chi connectivity index (χ1n) is 7.67. The number of benzene rings is 1. The van der Waals surface area contributed by atoms with E-state index in [1.807, 2.05) is 0 Å². The van der Waals surface area contributed by atoms with Gasteiger partial charge in [-0.15, -0.1) is 10.2 Å². The zero-order valence-corrected chi connectivity index (χ0v) is 13.5. The van der Waals surface area contributed by atoms with Crippen molar-refractivity contribution in [2.45, 2.75) is 13.3 Å². The Labute approximate surface area is 143 Å². The van der Waals surface area contributed by atoms with Crippen LogP contribution in [0.3, 0.4) is 0 Å². The third kappa shape index (κ3) is 4.37. The standard InChI is InChI=1S/C17H16FN5O2/c1-11-10-16(23-25-11)20-15-7-6-14(21-22-15)17(24)19-9-8-12-4-2-3-5-13(12)18/h2-7,10H,8-9H2,1H3,(H,19,24)(H,20,22,23). The Morgan fingerprint density at radius 1 is 1.16 bits per heavy atom. The Bertz CT molecular complexity index is 863. The van der Waals surface area contributed by atoms with Crippen molar-refractivity contribution in [1.29, 1.82) is 0 Å². The zero-order chi connectivity index (χ0) is 17.6. The van der Waals surface area contributed by atoms with Crippen molar-refractivity contribution in [3.8, 4) is 0 Å². The molecule has 8 heteroatoms. The normalized spacial score (nSPS) is 10.5. The second kappa shape index (κ2) is 7.52. The summed E-state index contributed by atoms with van der Waals surface area (Å²) in [6.07, 6.45) is 0.400. The minimum atomic E-state index is -0.368. The van der Waals surface area contributed by atoms with Crippen LogP contribution in [0.5, 0.6) is 0 Å². The topological polar surface area (TPSA) is 92.9 Å². The number of halogens is 1. The van der Waals surface area contributed by atoms with Crippen LogP contribution in [-0.4, -0.2) is 27.8 Å². The van der Waals surface area contributed by atoms with Crippen molar-refractivity contribution < 1.29 is 13.7 Å². The van der Waals surface area contributed by atoms with E-state index < -0.39 is 0 Å². The van der Waals surface area contributed by atoms with E-state index >= 15 is 0 Å². The van der Waals surface area contributed by atoms with Gasteiger partial charge in [-0.05, 0) is 37.1 Å². The molecule has 0 atom stereocenters.